The third-order valence-electron chi connectivity index (χ3n) is 6.57. The minimum Gasteiger partial charge on any atom is -0.337 e. The van der Waals surface area contributed by atoms with E-state index in [0.717, 1.165) is 30.5 Å². The molecule has 1 aromatic heterocycles. The van der Waals surface area contributed by atoms with E-state index in [-0.39, 0.29) is 28.6 Å². The minimum atomic E-state index is -3.61. The Morgan fingerprint density at radius 3 is 2.42 bits per heavy atom. The molecule has 2 aromatic carbocycles. The number of benzene rings is 2. The van der Waals surface area contributed by atoms with E-state index in [1.165, 1.54) is 30.2 Å². The maximum atomic E-state index is 13.2. The monoisotopic (exact) mass is 527 g/mol. The Morgan fingerprint density at radius 2 is 1.75 bits per heavy atom. The summed E-state index contributed by atoms with van der Waals surface area (Å²) in [6.07, 6.45) is 3.19. The molecule has 2 atom stereocenters. The maximum Gasteiger partial charge on any atom is 0.242 e. The number of sulfonamides is 1. The molecule has 0 spiro atoms. The number of thioether (sulfide) groups is 1. The smallest absolute Gasteiger partial charge is 0.242 e. The van der Waals surface area contributed by atoms with Gasteiger partial charge in [0.2, 0.25) is 15.9 Å². The van der Waals surface area contributed by atoms with Gasteiger partial charge < -0.3 is 4.90 Å². The summed E-state index contributed by atoms with van der Waals surface area (Å²) in [5.41, 5.74) is 2.55. The van der Waals surface area contributed by atoms with Crippen LogP contribution in [0.1, 0.15) is 38.7 Å². The lowest BCUT2D eigenvalue weighted by atomic mass is 9.98. The van der Waals surface area contributed by atoms with E-state index in [9.17, 15) is 13.2 Å². The second kappa shape index (κ2) is 10.7. The quantitative estimate of drug-likeness (QED) is 0.424. The van der Waals surface area contributed by atoms with Crippen molar-refractivity contribution in [2.75, 3.05) is 19.8 Å². The molecule has 1 fully saturated rings. The Hall–Kier alpha value is -2.69. The third kappa shape index (κ3) is 5.35. The number of amides is 1. The Morgan fingerprint density at radius 1 is 1.06 bits per heavy atom. The largest absolute Gasteiger partial charge is 0.337 e. The predicted molar refractivity (Wildman–Crippen MR) is 143 cm³/mol. The van der Waals surface area contributed by atoms with Crippen LogP contribution in [-0.4, -0.2) is 70.2 Å². The van der Waals surface area contributed by atoms with Crippen LogP contribution in [-0.2, 0) is 14.8 Å². The number of carbonyl (C=O) groups excluding carboxylic acids is 1. The Bertz CT molecular complexity index is 1340. The summed E-state index contributed by atoms with van der Waals surface area (Å²) in [7, 11) is -0.595. The van der Waals surface area contributed by atoms with Crippen molar-refractivity contribution in [2.24, 2.45) is 0 Å². The first-order chi connectivity index (χ1) is 17.1. The molecular formula is C26H33N5O3S2. The van der Waals surface area contributed by atoms with E-state index in [1.807, 2.05) is 46.7 Å². The van der Waals surface area contributed by atoms with Gasteiger partial charge in [-0.25, -0.2) is 12.7 Å². The zero-order chi connectivity index (χ0) is 26.0. The molecule has 8 nitrogen and oxygen atoms in total. The molecule has 0 aliphatic carbocycles. The molecule has 36 heavy (non-hydrogen) atoms. The fraction of sp³-hybridized carbons (Fsp3) is 0.423. The van der Waals surface area contributed by atoms with E-state index in [1.54, 1.807) is 18.2 Å². The van der Waals surface area contributed by atoms with Crippen molar-refractivity contribution in [1.29, 1.82) is 0 Å². The van der Waals surface area contributed by atoms with Crippen LogP contribution in [0, 0.1) is 6.92 Å². The number of nitrogens with zero attached hydrogens (tertiary/aromatic N) is 5. The molecule has 0 N–H and O–H groups in total. The van der Waals surface area contributed by atoms with Gasteiger partial charge in [0.25, 0.3) is 0 Å². The van der Waals surface area contributed by atoms with Crippen LogP contribution in [0.3, 0.4) is 0 Å². The molecule has 10 heteroatoms. The lowest BCUT2D eigenvalue weighted by Gasteiger charge is -2.39. The van der Waals surface area contributed by atoms with Crippen molar-refractivity contribution in [3.05, 3.63) is 54.1 Å². The van der Waals surface area contributed by atoms with Gasteiger partial charge >= 0.3 is 0 Å². The number of hydrogen-bond donors (Lipinski definition) is 0. The lowest BCUT2D eigenvalue weighted by molar-refractivity contribution is -0.134. The fourth-order valence-corrected chi connectivity index (χ4v) is 6.44. The highest BCUT2D eigenvalue weighted by Crippen LogP contribution is 2.31. The first kappa shape index (κ1) is 26.4. The summed E-state index contributed by atoms with van der Waals surface area (Å²) >= 11 is 1.36. The van der Waals surface area contributed by atoms with E-state index in [4.69, 9.17) is 0 Å². The van der Waals surface area contributed by atoms with Gasteiger partial charge in [-0.3, -0.25) is 9.36 Å². The van der Waals surface area contributed by atoms with Gasteiger partial charge in [0.05, 0.1) is 10.6 Å². The Kier molecular flexibility index (Phi) is 7.87. The molecule has 1 amide bonds. The third-order valence-corrected chi connectivity index (χ3v) is 9.30. The average Bonchev–Trinajstić information content (AvgIpc) is 3.26. The number of hydrogen-bond acceptors (Lipinski definition) is 6. The molecule has 0 radical (unpaired) electrons. The highest BCUT2D eigenvalue weighted by Gasteiger charge is 2.29. The van der Waals surface area contributed by atoms with Crippen LogP contribution < -0.4 is 0 Å². The van der Waals surface area contributed by atoms with E-state index < -0.39 is 10.0 Å². The fourth-order valence-electron chi connectivity index (χ4n) is 4.67. The van der Waals surface area contributed by atoms with Crippen molar-refractivity contribution in [2.45, 2.75) is 62.2 Å². The van der Waals surface area contributed by atoms with Crippen molar-refractivity contribution >= 4 is 27.7 Å². The zero-order valence-electron chi connectivity index (χ0n) is 21.4. The van der Waals surface area contributed by atoms with Crippen molar-refractivity contribution in [1.82, 2.24) is 24.0 Å². The van der Waals surface area contributed by atoms with Crippen LogP contribution in [0.4, 0.5) is 0 Å². The van der Waals surface area contributed by atoms with Gasteiger partial charge in [-0.1, -0.05) is 36.0 Å². The van der Waals surface area contributed by atoms with Crippen LogP contribution in [0.25, 0.3) is 17.1 Å². The normalized spacial score (nSPS) is 18.6. The number of piperidine rings is 1. The summed E-state index contributed by atoms with van der Waals surface area (Å²) in [5.74, 6) is 0.874. The Balaban J connectivity index is 1.71. The van der Waals surface area contributed by atoms with E-state index in [0.29, 0.717) is 16.5 Å². The van der Waals surface area contributed by atoms with E-state index in [2.05, 4.69) is 24.0 Å². The number of aromatic nitrogens is 3. The zero-order valence-corrected chi connectivity index (χ0v) is 23.0. The first-order valence-electron chi connectivity index (χ1n) is 12.1. The predicted octanol–water partition coefficient (Wildman–Crippen LogP) is 4.37. The number of rotatable bonds is 7. The Labute approximate surface area is 217 Å². The van der Waals surface area contributed by atoms with Gasteiger partial charge in [0.15, 0.2) is 11.0 Å². The summed E-state index contributed by atoms with van der Waals surface area (Å²) in [6, 6.07) is 15.1. The highest BCUT2D eigenvalue weighted by molar-refractivity contribution is 7.99. The minimum absolute atomic E-state index is 0.0964. The van der Waals surface area contributed by atoms with Gasteiger partial charge in [0, 0.05) is 37.4 Å². The van der Waals surface area contributed by atoms with Crippen molar-refractivity contribution in [3.63, 3.8) is 0 Å². The second-order valence-electron chi connectivity index (χ2n) is 9.51. The summed E-state index contributed by atoms with van der Waals surface area (Å²) < 4.78 is 28.6. The van der Waals surface area contributed by atoms with Gasteiger partial charge in [-0.05, 0) is 69.9 Å². The van der Waals surface area contributed by atoms with Gasteiger partial charge in [-0.15, -0.1) is 10.2 Å². The molecule has 1 saturated heterocycles. The first-order valence-corrected chi connectivity index (χ1v) is 14.5. The molecular weight excluding hydrogens is 494 g/mol. The summed E-state index contributed by atoms with van der Waals surface area (Å²) in [5, 5.41) is 9.45. The van der Waals surface area contributed by atoms with Gasteiger partial charge in [-0.2, -0.15) is 0 Å². The standard InChI is InChI=1S/C26H33N5O3S2/c1-18-9-6-13-22(15-18)31-25(21-12-8-14-23(16-21)36(33,34)29(4)5)27-28-26(31)35-17-24(32)30-19(2)10-7-11-20(30)3/h6,8-9,12-16,19-20H,7,10-11,17H2,1-5H3/t19-,20-/m1/s1. The SMILES string of the molecule is Cc1cccc(-n2c(SCC(=O)N3[C@H](C)CCC[C@H]3C)nnc2-c2cccc(S(=O)(=O)N(C)C)c2)c1. The van der Waals surface area contributed by atoms with Crippen molar-refractivity contribution in [3.8, 4) is 17.1 Å². The van der Waals surface area contributed by atoms with E-state index >= 15 is 0 Å². The molecule has 1 aliphatic heterocycles. The molecule has 1 aliphatic rings. The molecule has 0 bridgehead atoms. The van der Waals surface area contributed by atoms with Gasteiger partial charge in [0.1, 0.15) is 0 Å². The number of likely N-dealkylation sites (tertiary alicyclic amines) is 1. The van der Waals surface area contributed by atoms with Crippen LogP contribution >= 0.6 is 11.8 Å². The number of carbonyl (C=O) groups is 1. The number of aryl methyl sites for hydroxylation is 1. The average molecular weight is 528 g/mol. The topological polar surface area (TPSA) is 88.4 Å². The molecule has 4 rings (SSSR count). The molecule has 2 heterocycles. The molecule has 0 saturated carbocycles. The lowest BCUT2D eigenvalue weighted by Crippen LogP contribution is -2.48. The summed E-state index contributed by atoms with van der Waals surface area (Å²) in [4.78, 5) is 15.3. The summed E-state index contributed by atoms with van der Waals surface area (Å²) in [6.45, 7) is 6.23. The molecule has 3 aromatic rings. The highest BCUT2D eigenvalue weighted by atomic mass is 32.2. The van der Waals surface area contributed by atoms with Crippen LogP contribution in [0.5, 0.6) is 0 Å². The van der Waals surface area contributed by atoms with Crippen molar-refractivity contribution < 1.29 is 13.2 Å². The van der Waals surface area contributed by atoms with Crippen LogP contribution in [0.2, 0.25) is 0 Å². The molecule has 0 unspecified atom stereocenters. The second-order valence-corrected chi connectivity index (χ2v) is 12.6. The molecule has 192 valence electrons. The van der Waals surface area contributed by atoms with Crippen LogP contribution in [0.15, 0.2) is 58.6 Å². The maximum absolute atomic E-state index is 13.2.